The van der Waals surface area contributed by atoms with Crippen LogP contribution in [0.5, 0.6) is 0 Å². The van der Waals surface area contributed by atoms with Gasteiger partial charge < -0.3 is 20.1 Å². The molecule has 0 aromatic heterocycles. The average molecular weight is 461 g/mol. The first-order chi connectivity index (χ1) is 16.5. The van der Waals surface area contributed by atoms with Crippen LogP contribution in [0.2, 0.25) is 0 Å². The van der Waals surface area contributed by atoms with E-state index in [-0.39, 0.29) is 19.4 Å². The topological polar surface area (TPSA) is 93.7 Å². The number of amides is 2. The summed E-state index contributed by atoms with van der Waals surface area (Å²) in [5.74, 6) is -1.07. The van der Waals surface area contributed by atoms with E-state index >= 15 is 0 Å². The summed E-state index contributed by atoms with van der Waals surface area (Å²) in [6.07, 6.45) is -0.236. The van der Waals surface area contributed by atoms with Gasteiger partial charge in [0.2, 0.25) is 5.91 Å². The van der Waals surface area contributed by atoms with Gasteiger partial charge in [-0.2, -0.15) is 0 Å². The van der Waals surface area contributed by atoms with Crippen LogP contribution in [0.25, 0.3) is 0 Å². The Balaban J connectivity index is 1.70. The van der Waals surface area contributed by atoms with Crippen LogP contribution in [0.3, 0.4) is 0 Å². The second kappa shape index (κ2) is 12.8. The molecule has 2 amide bonds. The SMILES string of the molecule is COC(=O)[C@H](Cc1ccccc1)NC(=O)[C@H](Cc1ccccc1)NC(=O)OCc1ccccc1. The number of ether oxygens (including phenoxy) is 2. The Morgan fingerprint density at radius 1 is 0.676 bits per heavy atom. The van der Waals surface area contributed by atoms with Crippen LogP contribution in [-0.2, 0) is 38.5 Å². The van der Waals surface area contributed by atoms with Gasteiger partial charge in [-0.3, -0.25) is 4.79 Å². The van der Waals surface area contributed by atoms with E-state index in [1.54, 1.807) is 0 Å². The standard InChI is InChI=1S/C27H28N2O5/c1-33-26(31)24(18-21-13-7-3-8-14-21)28-25(30)23(17-20-11-5-2-6-12-20)29-27(32)34-19-22-15-9-4-10-16-22/h2-16,23-24H,17-19H2,1H3,(H,28,30)(H,29,32)/t23-,24-/m0/s1. The molecule has 3 rings (SSSR count). The van der Waals surface area contributed by atoms with Crippen LogP contribution in [0.1, 0.15) is 16.7 Å². The highest BCUT2D eigenvalue weighted by Gasteiger charge is 2.28. The number of alkyl carbamates (subject to hydrolysis) is 1. The van der Waals surface area contributed by atoms with E-state index in [1.807, 2.05) is 91.0 Å². The van der Waals surface area contributed by atoms with Gasteiger partial charge in [0, 0.05) is 12.8 Å². The van der Waals surface area contributed by atoms with Crippen molar-refractivity contribution in [3.8, 4) is 0 Å². The molecule has 34 heavy (non-hydrogen) atoms. The third-order valence-corrected chi connectivity index (χ3v) is 5.19. The Bertz CT molecular complexity index is 1060. The lowest BCUT2D eigenvalue weighted by molar-refractivity contribution is -0.145. The van der Waals surface area contributed by atoms with Crippen molar-refractivity contribution in [2.24, 2.45) is 0 Å². The summed E-state index contributed by atoms with van der Waals surface area (Å²) < 4.78 is 10.2. The minimum atomic E-state index is -0.950. The lowest BCUT2D eigenvalue weighted by Crippen LogP contribution is -2.53. The van der Waals surface area contributed by atoms with Gasteiger partial charge in [-0.25, -0.2) is 9.59 Å². The van der Waals surface area contributed by atoms with Gasteiger partial charge in [-0.05, 0) is 16.7 Å². The molecule has 0 saturated carbocycles. The van der Waals surface area contributed by atoms with Crippen molar-refractivity contribution < 1.29 is 23.9 Å². The number of nitrogens with one attached hydrogen (secondary N) is 2. The number of carbonyl (C=O) groups is 3. The summed E-state index contributed by atoms with van der Waals surface area (Å²) in [5, 5.41) is 5.37. The smallest absolute Gasteiger partial charge is 0.408 e. The molecule has 7 nitrogen and oxygen atoms in total. The van der Waals surface area contributed by atoms with Gasteiger partial charge in [-0.15, -0.1) is 0 Å². The monoisotopic (exact) mass is 460 g/mol. The van der Waals surface area contributed by atoms with E-state index in [2.05, 4.69) is 10.6 Å². The summed E-state index contributed by atoms with van der Waals surface area (Å²) in [6, 6.07) is 26.0. The van der Waals surface area contributed by atoms with Crippen molar-refractivity contribution in [1.82, 2.24) is 10.6 Å². The fourth-order valence-corrected chi connectivity index (χ4v) is 3.42. The maximum Gasteiger partial charge on any atom is 0.408 e. The largest absolute Gasteiger partial charge is 0.467 e. The van der Waals surface area contributed by atoms with E-state index in [4.69, 9.17) is 9.47 Å². The number of rotatable bonds is 10. The average Bonchev–Trinajstić information content (AvgIpc) is 2.88. The highest BCUT2D eigenvalue weighted by Crippen LogP contribution is 2.08. The number of esters is 1. The second-order valence-corrected chi connectivity index (χ2v) is 7.72. The maximum atomic E-state index is 13.2. The zero-order valence-corrected chi connectivity index (χ0v) is 19.0. The molecule has 176 valence electrons. The summed E-state index contributed by atoms with van der Waals surface area (Å²) in [5.41, 5.74) is 2.55. The molecule has 0 aliphatic carbocycles. The number of carbonyl (C=O) groups excluding carboxylic acids is 3. The summed E-state index contributed by atoms with van der Waals surface area (Å²) >= 11 is 0. The molecule has 3 aromatic carbocycles. The molecule has 0 fully saturated rings. The van der Waals surface area contributed by atoms with Crippen LogP contribution in [0.4, 0.5) is 4.79 Å². The highest BCUT2D eigenvalue weighted by atomic mass is 16.5. The van der Waals surface area contributed by atoms with Crippen molar-refractivity contribution in [2.75, 3.05) is 7.11 Å². The lowest BCUT2D eigenvalue weighted by Gasteiger charge is -2.22. The Labute approximate surface area is 199 Å². The van der Waals surface area contributed by atoms with E-state index < -0.39 is 30.1 Å². The number of hydrogen-bond acceptors (Lipinski definition) is 5. The fourth-order valence-electron chi connectivity index (χ4n) is 3.42. The first-order valence-electron chi connectivity index (χ1n) is 11.0. The molecule has 0 spiro atoms. The first kappa shape index (κ1) is 24.5. The van der Waals surface area contributed by atoms with Crippen molar-refractivity contribution in [3.05, 3.63) is 108 Å². The summed E-state index contributed by atoms with van der Waals surface area (Å²) in [7, 11) is 1.27. The first-order valence-corrected chi connectivity index (χ1v) is 11.0. The molecule has 0 saturated heterocycles. The predicted octanol–water partition coefficient (Wildman–Crippen LogP) is 3.42. The number of benzene rings is 3. The van der Waals surface area contributed by atoms with Crippen molar-refractivity contribution >= 4 is 18.0 Å². The Morgan fingerprint density at radius 3 is 1.65 bits per heavy atom. The van der Waals surface area contributed by atoms with Crippen molar-refractivity contribution in [2.45, 2.75) is 31.5 Å². The zero-order valence-electron chi connectivity index (χ0n) is 19.0. The molecule has 3 aromatic rings. The van der Waals surface area contributed by atoms with E-state index in [0.29, 0.717) is 0 Å². The third-order valence-electron chi connectivity index (χ3n) is 5.19. The minimum absolute atomic E-state index is 0.0745. The maximum absolute atomic E-state index is 13.2. The normalized spacial score (nSPS) is 12.1. The molecular weight excluding hydrogens is 432 g/mol. The summed E-state index contributed by atoms with van der Waals surface area (Å²) in [4.78, 5) is 38.0. The fraction of sp³-hybridized carbons (Fsp3) is 0.222. The van der Waals surface area contributed by atoms with Gasteiger partial charge >= 0.3 is 12.1 Å². The van der Waals surface area contributed by atoms with E-state index in [9.17, 15) is 14.4 Å². The third kappa shape index (κ3) is 7.78. The Morgan fingerprint density at radius 2 is 1.15 bits per heavy atom. The molecule has 0 bridgehead atoms. The van der Waals surface area contributed by atoms with Crippen molar-refractivity contribution in [3.63, 3.8) is 0 Å². The van der Waals surface area contributed by atoms with Crippen LogP contribution in [0.15, 0.2) is 91.0 Å². The van der Waals surface area contributed by atoms with Crippen LogP contribution in [-0.4, -0.2) is 37.2 Å². The van der Waals surface area contributed by atoms with E-state index in [1.165, 1.54) is 7.11 Å². The Kier molecular flexibility index (Phi) is 9.22. The van der Waals surface area contributed by atoms with Crippen LogP contribution >= 0.6 is 0 Å². The van der Waals surface area contributed by atoms with Crippen LogP contribution in [0, 0.1) is 0 Å². The van der Waals surface area contributed by atoms with Gasteiger partial charge in [0.25, 0.3) is 0 Å². The molecule has 0 aliphatic heterocycles. The van der Waals surface area contributed by atoms with Gasteiger partial charge in [0.1, 0.15) is 18.7 Å². The molecule has 0 heterocycles. The van der Waals surface area contributed by atoms with Crippen molar-refractivity contribution in [1.29, 1.82) is 0 Å². The predicted molar refractivity (Wildman–Crippen MR) is 128 cm³/mol. The molecule has 0 aliphatic rings. The molecule has 0 unspecified atom stereocenters. The van der Waals surface area contributed by atoms with Gasteiger partial charge in [0.15, 0.2) is 0 Å². The zero-order chi connectivity index (χ0) is 24.2. The highest BCUT2D eigenvalue weighted by molar-refractivity contribution is 5.90. The van der Waals surface area contributed by atoms with E-state index in [0.717, 1.165) is 16.7 Å². The number of methoxy groups -OCH3 is 1. The molecule has 2 atom stereocenters. The summed E-state index contributed by atoms with van der Waals surface area (Å²) in [6.45, 7) is 0.0745. The minimum Gasteiger partial charge on any atom is -0.467 e. The van der Waals surface area contributed by atoms with Crippen LogP contribution < -0.4 is 10.6 Å². The van der Waals surface area contributed by atoms with Gasteiger partial charge in [-0.1, -0.05) is 91.0 Å². The number of hydrogen-bond donors (Lipinski definition) is 2. The molecule has 7 heteroatoms. The second-order valence-electron chi connectivity index (χ2n) is 7.72. The quantitative estimate of drug-likeness (QED) is 0.452. The van der Waals surface area contributed by atoms with Gasteiger partial charge in [0.05, 0.1) is 7.11 Å². The lowest BCUT2D eigenvalue weighted by atomic mass is 10.0. The molecular formula is C27H28N2O5. The molecule has 2 N–H and O–H groups in total. The molecule has 0 radical (unpaired) electrons. The Hall–Kier alpha value is -4.13.